The Morgan fingerprint density at radius 3 is 2.83 bits per heavy atom. The van der Waals surface area contributed by atoms with Crippen molar-refractivity contribution in [1.29, 1.82) is 0 Å². The molecule has 5 nitrogen and oxygen atoms in total. The molecule has 2 aromatic carbocycles. The largest absolute Gasteiger partial charge is 0.491 e. The Morgan fingerprint density at radius 2 is 2.03 bits per heavy atom. The highest BCUT2D eigenvalue weighted by Gasteiger charge is 2.12. The van der Waals surface area contributed by atoms with Crippen LogP contribution in [0.3, 0.4) is 0 Å². The summed E-state index contributed by atoms with van der Waals surface area (Å²) in [7, 11) is 0. The van der Waals surface area contributed by atoms with Crippen LogP contribution in [0.2, 0.25) is 0 Å². The molecule has 0 saturated heterocycles. The van der Waals surface area contributed by atoms with Crippen LogP contribution in [0.25, 0.3) is 22.2 Å². The second-order valence-corrected chi connectivity index (χ2v) is 7.72. The van der Waals surface area contributed by atoms with Crippen LogP contribution in [0, 0.1) is 5.82 Å². The van der Waals surface area contributed by atoms with Gasteiger partial charge in [0.25, 0.3) is 0 Å². The molecule has 0 radical (unpaired) electrons. The van der Waals surface area contributed by atoms with E-state index in [-0.39, 0.29) is 12.4 Å². The molecule has 1 aromatic heterocycles. The smallest absolute Gasteiger partial charge is 0.170 e. The summed E-state index contributed by atoms with van der Waals surface area (Å²) in [6.07, 6.45) is 7.86. The Bertz CT molecular complexity index is 997. The van der Waals surface area contributed by atoms with E-state index in [1.54, 1.807) is 6.07 Å². The Hall–Kier alpha value is -2.70. The molecule has 0 unspecified atom stereocenters. The van der Waals surface area contributed by atoms with Crippen molar-refractivity contribution >= 4 is 11.0 Å². The highest BCUT2D eigenvalue weighted by Crippen LogP contribution is 2.29. The lowest BCUT2D eigenvalue weighted by Crippen LogP contribution is -2.32. The van der Waals surface area contributed by atoms with Gasteiger partial charge in [0.05, 0.1) is 0 Å². The number of benzene rings is 2. The van der Waals surface area contributed by atoms with Crippen molar-refractivity contribution in [1.82, 2.24) is 10.5 Å². The lowest BCUT2D eigenvalue weighted by atomic mass is 9.97. The standard InChI is InChI=1S/C24H27FN2O3/c25-19-8-11-22-23(14-19)30-27-24(22)18-6-9-21(10-7-18)29-16-20(28)15-26-13-12-17-4-2-1-3-5-17/h4,6-11,14,20,26,28H,1-3,5,12-13,15-16H2/t20-/m1/s1. The fourth-order valence-electron chi connectivity index (χ4n) is 3.73. The third kappa shape index (κ3) is 5.26. The number of hydrogen-bond donors (Lipinski definition) is 2. The van der Waals surface area contributed by atoms with Gasteiger partial charge in [0, 0.05) is 23.6 Å². The molecule has 4 rings (SSSR count). The molecule has 3 aromatic rings. The van der Waals surface area contributed by atoms with E-state index >= 15 is 0 Å². The van der Waals surface area contributed by atoms with E-state index in [1.165, 1.54) is 43.4 Å². The first kappa shape index (κ1) is 20.6. The van der Waals surface area contributed by atoms with Gasteiger partial charge in [-0.1, -0.05) is 16.8 Å². The molecule has 30 heavy (non-hydrogen) atoms. The molecule has 1 aliphatic carbocycles. The second-order valence-electron chi connectivity index (χ2n) is 7.72. The first-order valence-electron chi connectivity index (χ1n) is 10.5. The number of fused-ring (bicyclic) bond motifs is 1. The summed E-state index contributed by atoms with van der Waals surface area (Å²) in [5.74, 6) is 0.317. The van der Waals surface area contributed by atoms with E-state index in [1.807, 2.05) is 24.3 Å². The van der Waals surface area contributed by atoms with Crippen molar-refractivity contribution in [2.24, 2.45) is 0 Å². The number of rotatable bonds is 9. The number of nitrogens with one attached hydrogen (secondary N) is 1. The van der Waals surface area contributed by atoms with Crippen LogP contribution in [0.5, 0.6) is 5.75 Å². The Kier molecular flexibility index (Phi) is 6.77. The van der Waals surface area contributed by atoms with E-state index in [0.717, 1.165) is 23.9 Å². The van der Waals surface area contributed by atoms with Gasteiger partial charge in [-0.25, -0.2) is 4.39 Å². The molecular weight excluding hydrogens is 383 g/mol. The number of ether oxygens (including phenoxy) is 1. The number of halogens is 1. The molecular formula is C24H27FN2O3. The molecule has 1 atom stereocenters. The zero-order chi connectivity index (χ0) is 20.8. The average molecular weight is 410 g/mol. The van der Waals surface area contributed by atoms with Crippen LogP contribution < -0.4 is 10.1 Å². The monoisotopic (exact) mass is 410 g/mol. The first-order valence-corrected chi connectivity index (χ1v) is 10.5. The fourth-order valence-corrected chi connectivity index (χ4v) is 3.73. The lowest BCUT2D eigenvalue weighted by Gasteiger charge is -2.15. The average Bonchev–Trinajstić information content (AvgIpc) is 3.19. The van der Waals surface area contributed by atoms with E-state index < -0.39 is 6.10 Å². The van der Waals surface area contributed by atoms with Crippen molar-refractivity contribution in [3.63, 3.8) is 0 Å². The zero-order valence-corrected chi connectivity index (χ0v) is 16.9. The number of aliphatic hydroxyl groups is 1. The second kappa shape index (κ2) is 9.87. The first-order chi connectivity index (χ1) is 14.7. The van der Waals surface area contributed by atoms with Crippen molar-refractivity contribution in [2.45, 2.75) is 38.2 Å². The maximum Gasteiger partial charge on any atom is 0.170 e. The van der Waals surface area contributed by atoms with Gasteiger partial charge in [-0.15, -0.1) is 0 Å². The summed E-state index contributed by atoms with van der Waals surface area (Å²) in [6.45, 7) is 1.61. The molecule has 6 heteroatoms. The Labute approximate surface area is 175 Å². The van der Waals surface area contributed by atoms with Crippen molar-refractivity contribution in [3.05, 3.63) is 59.9 Å². The van der Waals surface area contributed by atoms with Gasteiger partial charge in [0.1, 0.15) is 30.0 Å². The van der Waals surface area contributed by atoms with Crippen LogP contribution in [-0.4, -0.2) is 36.1 Å². The quantitative estimate of drug-likeness (QED) is 0.390. The highest BCUT2D eigenvalue weighted by atomic mass is 19.1. The van der Waals surface area contributed by atoms with E-state index in [0.29, 0.717) is 23.6 Å². The molecule has 2 N–H and O–H groups in total. The van der Waals surface area contributed by atoms with Gasteiger partial charge < -0.3 is 19.7 Å². The van der Waals surface area contributed by atoms with Gasteiger partial charge in [-0.05, 0) is 75.0 Å². The minimum Gasteiger partial charge on any atom is -0.491 e. The predicted molar refractivity (Wildman–Crippen MR) is 115 cm³/mol. The molecule has 0 saturated carbocycles. The maximum absolute atomic E-state index is 13.3. The number of aliphatic hydroxyl groups excluding tert-OH is 1. The van der Waals surface area contributed by atoms with E-state index in [2.05, 4.69) is 16.5 Å². The molecule has 1 heterocycles. The zero-order valence-electron chi connectivity index (χ0n) is 16.9. The maximum atomic E-state index is 13.3. The molecule has 0 aliphatic heterocycles. The van der Waals surface area contributed by atoms with Gasteiger partial charge in [0.2, 0.25) is 0 Å². The van der Waals surface area contributed by atoms with Crippen LogP contribution in [0.4, 0.5) is 4.39 Å². The fraction of sp³-hybridized carbons (Fsp3) is 0.375. The van der Waals surface area contributed by atoms with Crippen molar-refractivity contribution in [2.75, 3.05) is 19.7 Å². The van der Waals surface area contributed by atoms with Crippen LogP contribution in [-0.2, 0) is 0 Å². The summed E-state index contributed by atoms with van der Waals surface area (Å²) in [4.78, 5) is 0. The topological polar surface area (TPSA) is 67.5 Å². The summed E-state index contributed by atoms with van der Waals surface area (Å²) < 4.78 is 24.2. The van der Waals surface area contributed by atoms with E-state index in [9.17, 15) is 9.50 Å². The summed E-state index contributed by atoms with van der Waals surface area (Å²) in [6, 6.07) is 11.8. The third-order valence-electron chi connectivity index (χ3n) is 5.39. The lowest BCUT2D eigenvalue weighted by molar-refractivity contribution is 0.106. The molecule has 0 bridgehead atoms. The number of allylic oxidation sites excluding steroid dienone is 1. The highest BCUT2D eigenvalue weighted by molar-refractivity contribution is 5.91. The van der Waals surface area contributed by atoms with Crippen LogP contribution >= 0.6 is 0 Å². The van der Waals surface area contributed by atoms with Crippen molar-refractivity contribution < 1.29 is 18.8 Å². The summed E-state index contributed by atoms with van der Waals surface area (Å²) in [5.41, 5.74) is 3.46. The summed E-state index contributed by atoms with van der Waals surface area (Å²) >= 11 is 0. The van der Waals surface area contributed by atoms with Crippen LogP contribution in [0.15, 0.2) is 58.6 Å². The number of hydrogen-bond acceptors (Lipinski definition) is 5. The van der Waals surface area contributed by atoms with Crippen LogP contribution in [0.1, 0.15) is 32.1 Å². The molecule has 0 spiro atoms. The van der Waals surface area contributed by atoms with Crippen molar-refractivity contribution in [3.8, 4) is 17.0 Å². The minimum atomic E-state index is -0.570. The predicted octanol–water partition coefficient (Wildman–Crippen LogP) is 4.85. The summed E-state index contributed by atoms with van der Waals surface area (Å²) in [5, 5.41) is 18.3. The Morgan fingerprint density at radius 1 is 1.17 bits per heavy atom. The van der Waals surface area contributed by atoms with Gasteiger partial charge in [0.15, 0.2) is 5.58 Å². The third-order valence-corrected chi connectivity index (χ3v) is 5.39. The normalized spacial score (nSPS) is 15.2. The van der Waals surface area contributed by atoms with Gasteiger partial charge in [-0.2, -0.15) is 0 Å². The molecule has 0 amide bonds. The van der Waals surface area contributed by atoms with E-state index in [4.69, 9.17) is 9.26 Å². The number of aromatic nitrogens is 1. The SMILES string of the molecule is O[C@H](CNCCC1=CCCCC1)COc1ccc(-c2noc3cc(F)ccc23)cc1. The van der Waals surface area contributed by atoms with Gasteiger partial charge in [-0.3, -0.25) is 0 Å². The van der Waals surface area contributed by atoms with Gasteiger partial charge >= 0.3 is 0 Å². The molecule has 1 aliphatic rings. The Balaban J connectivity index is 1.24. The number of nitrogens with zero attached hydrogens (tertiary/aromatic N) is 1. The molecule has 0 fully saturated rings. The minimum absolute atomic E-state index is 0.223. The molecule has 158 valence electrons.